The number of nitrogens with one attached hydrogen (secondary N) is 1. The molecule has 38 heavy (non-hydrogen) atoms. The summed E-state index contributed by atoms with van der Waals surface area (Å²) in [7, 11) is 0. The second kappa shape index (κ2) is 8.22. The van der Waals surface area contributed by atoms with Crippen molar-refractivity contribution in [3.05, 3.63) is 140 Å². The van der Waals surface area contributed by atoms with E-state index in [1.165, 1.54) is 43.1 Å². The summed E-state index contributed by atoms with van der Waals surface area (Å²) < 4.78 is 2.41. The first-order valence-electron chi connectivity index (χ1n) is 13.0. The van der Waals surface area contributed by atoms with Gasteiger partial charge in [0, 0.05) is 33.0 Å². The lowest BCUT2D eigenvalue weighted by Gasteiger charge is -2.15. The molecule has 0 saturated heterocycles. The number of H-pyrrole nitrogens is 1. The highest BCUT2D eigenvalue weighted by Gasteiger charge is 2.09. The largest absolute Gasteiger partial charge is 0.355 e. The van der Waals surface area contributed by atoms with Crippen molar-refractivity contribution in [1.29, 1.82) is 0 Å². The number of hydrogen-bond donors (Lipinski definition) is 1. The van der Waals surface area contributed by atoms with Crippen LogP contribution in [0.1, 0.15) is 0 Å². The van der Waals surface area contributed by atoms with E-state index in [0.29, 0.717) is 0 Å². The third kappa shape index (κ3) is 3.28. The maximum atomic E-state index is 3.78. The van der Waals surface area contributed by atoms with Crippen LogP contribution in [0.25, 0.3) is 70.8 Å². The molecule has 2 heteroatoms. The molecule has 0 spiro atoms. The van der Waals surface area contributed by atoms with Gasteiger partial charge in [0.25, 0.3) is 0 Å². The average Bonchev–Trinajstić information content (AvgIpc) is 2.98. The first-order valence-corrected chi connectivity index (χ1v) is 13.0. The second-order valence-electron chi connectivity index (χ2n) is 9.96. The monoisotopic (exact) mass is 484 g/mol. The zero-order valence-electron chi connectivity index (χ0n) is 20.7. The van der Waals surface area contributed by atoms with Crippen LogP contribution in [0.2, 0.25) is 0 Å². The van der Waals surface area contributed by atoms with Crippen LogP contribution < -0.4 is 0 Å². The smallest absolute Gasteiger partial charge is 0.0560 e. The summed E-state index contributed by atoms with van der Waals surface area (Å²) in [4.78, 5) is 3.78. The highest BCUT2D eigenvalue weighted by molar-refractivity contribution is 6.12. The molecule has 8 aromatic rings. The number of aromatic nitrogens is 2. The summed E-state index contributed by atoms with van der Waals surface area (Å²) in [6.45, 7) is 0. The van der Waals surface area contributed by atoms with E-state index in [1.54, 1.807) is 0 Å². The predicted molar refractivity (Wildman–Crippen MR) is 163 cm³/mol. The molecule has 1 aromatic heterocycles. The fraction of sp³-hybridized carbons (Fsp3) is 0. The molecule has 4 bridgehead atoms. The molecule has 0 atom stereocenters. The minimum atomic E-state index is 1.07. The Hall–Kier alpha value is -5.08. The first kappa shape index (κ1) is 21.0. The van der Waals surface area contributed by atoms with E-state index in [2.05, 4.69) is 149 Å². The van der Waals surface area contributed by atoms with E-state index in [1.807, 2.05) is 0 Å². The fourth-order valence-corrected chi connectivity index (χ4v) is 5.91. The predicted octanol–water partition coefficient (Wildman–Crippen LogP) is 9.85. The molecule has 178 valence electrons. The third-order valence-electron chi connectivity index (χ3n) is 7.69. The zero-order chi connectivity index (χ0) is 25.1. The molecule has 0 saturated carbocycles. The Kier molecular flexibility index (Phi) is 4.55. The van der Waals surface area contributed by atoms with Crippen LogP contribution in [-0.4, -0.2) is 9.55 Å². The van der Waals surface area contributed by atoms with Crippen molar-refractivity contribution >= 4 is 65.2 Å². The molecule has 1 heterocycles. The highest BCUT2D eigenvalue weighted by atomic mass is 15.0. The normalized spacial score (nSPS) is 11.7. The van der Waals surface area contributed by atoms with Crippen LogP contribution in [0.5, 0.6) is 0 Å². The van der Waals surface area contributed by atoms with Gasteiger partial charge >= 0.3 is 0 Å². The van der Waals surface area contributed by atoms with E-state index >= 15 is 0 Å². The molecular weight excluding hydrogens is 460 g/mol. The Balaban J connectivity index is 1.69. The topological polar surface area (TPSA) is 20.7 Å². The van der Waals surface area contributed by atoms with Gasteiger partial charge in [-0.15, -0.1) is 0 Å². The van der Waals surface area contributed by atoms with E-state index in [4.69, 9.17) is 0 Å². The lowest BCUT2D eigenvalue weighted by Crippen LogP contribution is -1.98. The van der Waals surface area contributed by atoms with Gasteiger partial charge in [-0.05, 0) is 74.8 Å². The summed E-state index contributed by atoms with van der Waals surface area (Å²) in [6.07, 6.45) is 0. The molecule has 2 nitrogen and oxygen atoms in total. The van der Waals surface area contributed by atoms with Crippen LogP contribution in [0.3, 0.4) is 0 Å². The molecule has 7 aromatic carbocycles. The number of benzene rings is 7. The van der Waals surface area contributed by atoms with Gasteiger partial charge < -0.3 is 9.55 Å². The number of rotatable bonds is 1. The highest BCUT2D eigenvalue weighted by Crippen LogP contribution is 2.32. The van der Waals surface area contributed by atoms with E-state index in [-0.39, 0.29) is 0 Å². The fourth-order valence-electron chi connectivity index (χ4n) is 5.91. The molecule has 0 aliphatic carbocycles. The maximum absolute atomic E-state index is 3.78. The molecule has 0 radical (unpaired) electrons. The summed E-state index contributed by atoms with van der Waals surface area (Å²) in [5.74, 6) is 0. The molecule has 0 amide bonds. The van der Waals surface area contributed by atoms with Gasteiger partial charge in [-0.1, -0.05) is 97.1 Å². The van der Waals surface area contributed by atoms with Crippen LogP contribution in [-0.2, 0) is 0 Å². The van der Waals surface area contributed by atoms with Gasteiger partial charge in [-0.25, -0.2) is 0 Å². The van der Waals surface area contributed by atoms with Crippen LogP contribution in [0.15, 0.2) is 140 Å². The van der Waals surface area contributed by atoms with Crippen molar-refractivity contribution in [3.8, 4) is 5.69 Å². The van der Waals surface area contributed by atoms with Crippen LogP contribution in [0, 0.1) is 0 Å². The third-order valence-corrected chi connectivity index (χ3v) is 7.69. The van der Waals surface area contributed by atoms with Crippen molar-refractivity contribution < 1.29 is 0 Å². The van der Waals surface area contributed by atoms with Gasteiger partial charge in [-0.2, -0.15) is 0 Å². The minimum Gasteiger partial charge on any atom is -0.355 e. The van der Waals surface area contributed by atoms with Gasteiger partial charge in [0.1, 0.15) is 0 Å². The Morgan fingerprint density at radius 1 is 0.421 bits per heavy atom. The standard InChI is InChI=1S/C36H24N2/c1-2-9-26-21-29(18-16-24(26)8-1)38-30-19-17-25-11-7-14-32(34(25)23-30)33-13-5-6-15-35(33)37-28-20-27-10-3-4-12-31(27)36(38)22-28/h1-23,37H. The van der Waals surface area contributed by atoms with E-state index in [0.717, 1.165) is 27.8 Å². The van der Waals surface area contributed by atoms with Crippen molar-refractivity contribution in [3.63, 3.8) is 0 Å². The van der Waals surface area contributed by atoms with E-state index < -0.39 is 0 Å². The molecule has 0 aliphatic heterocycles. The van der Waals surface area contributed by atoms with Crippen LogP contribution in [0.4, 0.5) is 0 Å². The summed E-state index contributed by atoms with van der Waals surface area (Å²) >= 11 is 0. The Morgan fingerprint density at radius 2 is 1.13 bits per heavy atom. The molecule has 0 fully saturated rings. The Bertz CT molecular complexity index is 2250. The number of hydrogen-bond acceptors (Lipinski definition) is 0. The maximum Gasteiger partial charge on any atom is 0.0560 e. The lowest BCUT2D eigenvalue weighted by molar-refractivity contribution is 1.17. The van der Waals surface area contributed by atoms with E-state index in [9.17, 15) is 0 Å². The Morgan fingerprint density at radius 3 is 2.05 bits per heavy atom. The minimum absolute atomic E-state index is 1.07. The quantitative estimate of drug-likeness (QED) is 0.239. The van der Waals surface area contributed by atoms with Crippen molar-refractivity contribution in [1.82, 2.24) is 9.55 Å². The van der Waals surface area contributed by atoms with Gasteiger partial charge in [0.05, 0.1) is 5.52 Å². The zero-order valence-corrected chi connectivity index (χ0v) is 20.7. The molecule has 1 N–H and O–H groups in total. The molecule has 8 rings (SSSR count). The number of para-hydroxylation sites is 1. The van der Waals surface area contributed by atoms with Crippen molar-refractivity contribution in [2.75, 3.05) is 0 Å². The molecule has 0 unspecified atom stereocenters. The second-order valence-corrected chi connectivity index (χ2v) is 9.96. The number of nitrogens with zero attached hydrogens (tertiary/aromatic N) is 1. The van der Waals surface area contributed by atoms with Gasteiger partial charge in [0.2, 0.25) is 0 Å². The van der Waals surface area contributed by atoms with Gasteiger partial charge in [-0.3, -0.25) is 0 Å². The first-order chi connectivity index (χ1) is 18.8. The van der Waals surface area contributed by atoms with Crippen molar-refractivity contribution in [2.45, 2.75) is 0 Å². The number of aromatic amines is 1. The van der Waals surface area contributed by atoms with Crippen molar-refractivity contribution in [2.24, 2.45) is 0 Å². The summed E-state index contributed by atoms with van der Waals surface area (Å²) in [5.41, 5.74) is 5.60. The summed E-state index contributed by atoms with van der Waals surface area (Å²) in [5, 5.41) is 9.78. The Labute approximate surface area is 219 Å². The summed E-state index contributed by atoms with van der Waals surface area (Å²) in [6, 6.07) is 50.6. The molecular formula is C36H24N2. The average molecular weight is 485 g/mol. The number of fused-ring (bicyclic) bond motifs is 8. The SMILES string of the molecule is c1ccc2cc(-n3c4ccc5cccc(c5c4)c4ccccc4[nH]c4cc5ccccc5c3c4)ccc2c1. The van der Waals surface area contributed by atoms with Gasteiger partial charge in [0.15, 0.2) is 0 Å². The van der Waals surface area contributed by atoms with Crippen LogP contribution >= 0.6 is 0 Å². The molecule has 0 aliphatic rings. The lowest BCUT2D eigenvalue weighted by atomic mass is 10.0.